The molecule has 4 amide bonds. The van der Waals surface area contributed by atoms with Crippen LogP contribution in [0.15, 0.2) is 47.3 Å². The Hall–Kier alpha value is -4.53. The summed E-state index contributed by atoms with van der Waals surface area (Å²) in [5, 5.41) is 5.16. The van der Waals surface area contributed by atoms with Gasteiger partial charge in [0.1, 0.15) is 11.6 Å². The Kier molecular flexibility index (Phi) is 17.1. The van der Waals surface area contributed by atoms with Gasteiger partial charge in [-0.2, -0.15) is 0 Å². The number of hydrogen-bond acceptors (Lipinski definition) is 9. The molecule has 0 spiro atoms. The number of rotatable bonds is 23. The number of aromatic nitrogens is 2. The summed E-state index contributed by atoms with van der Waals surface area (Å²) in [6.07, 6.45) is 6.64. The van der Waals surface area contributed by atoms with Crippen molar-refractivity contribution in [1.82, 2.24) is 19.8 Å². The molecule has 0 saturated carbocycles. The maximum atomic E-state index is 13.0. The molecule has 1 aromatic heterocycles. The second kappa shape index (κ2) is 21.7. The smallest absolute Gasteiger partial charge is 0.407 e. The number of piperidine rings is 1. The molecule has 2 heterocycles. The van der Waals surface area contributed by atoms with Gasteiger partial charge in [-0.25, -0.2) is 9.59 Å². The number of imidazole rings is 1. The van der Waals surface area contributed by atoms with Gasteiger partial charge in [0.2, 0.25) is 17.7 Å². The maximum Gasteiger partial charge on any atom is 0.407 e. The largest absolute Gasteiger partial charge is 0.444 e. The van der Waals surface area contributed by atoms with E-state index in [2.05, 4.69) is 22.8 Å². The van der Waals surface area contributed by atoms with Crippen LogP contribution in [0.1, 0.15) is 108 Å². The SMILES string of the molecule is C[C@@H](OCc1ccc(CCCOCCCCCOCCCc2ccc3c(c2)n(C)c(=O)n3C2CCC(=O)NC2=O)cc1)[C@H](CCC(N)=O)NC(=O)OC(C)(C)C. The number of imide groups is 1. The molecule has 0 aliphatic carbocycles. The molecule has 2 aromatic carbocycles. The van der Waals surface area contributed by atoms with Gasteiger partial charge in [-0.05, 0) is 114 Å². The van der Waals surface area contributed by atoms with Gasteiger partial charge in [-0.1, -0.05) is 30.3 Å². The van der Waals surface area contributed by atoms with Crippen molar-refractivity contribution in [3.63, 3.8) is 0 Å². The molecule has 0 radical (unpaired) electrons. The summed E-state index contributed by atoms with van der Waals surface area (Å²) in [6.45, 7) is 10.4. The second-order valence-electron chi connectivity index (χ2n) is 15.6. The van der Waals surface area contributed by atoms with Crippen molar-refractivity contribution in [2.24, 2.45) is 12.8 Å². The average molecular weight is 780 g/mol. The molecule has 1 saturated heterocycles. The van der Waals surface area contributed by atoms with Crippen LogP contribution in [-0.2, 0) is 59.8 Å². The van der Waals surface area contributed by atoms with Crippen molar-refractivity contribution in [3.8, 4) is 0 Å². The van der Waals surface area contributed by atoms with Crippen molar-refractivity contribution in [2.45, 2.75) is 129 Å². The van der Waals surface area contributed by atoms with E-state index in [1.165, 1.54) is 10.1 Å². The van der Waals surface area contributed by atoms with Gasteiger partial charge in [0.15, 0.2) is 0 Å². The number of carbonyl (C=O) groups is 4. The third kappa shape index (κ3) is 14.2. The lowest BCUT2D eigenvalue weighted by Gasteiger charge is -2.27. The van der Waals surface area contributed by atoms with E-state index < -0.39 is 35.6 Å². The van der Waals surface area contributed by atoms with Crippen LogP contribution >= 0.6 is 0 Å². The minimum Gasteiger partial charge on any atom is -0.444 e. The van der Waals surface area contributed by atoms with E-state index in [4.69, 9.17) is 24.7 Å². The lowest BCUT2D eigenvalue weighted by atomic mass is 10.1. The highest BCUT2D eigenvalue weighted by molar-refractivity contribution is 6.00. The van der Waals surface area contributed by atoms with Gasteiger partial charge in [-0.3, -0.25) is 28.8 Å². The van der Waals surface area contributed by atoms with Crippen LogP contribution < -0.4 is 22.1 Å². The number of fused-ring (bicyclic) bond motifs is 1. The molecule has 3 aromatic rings. The summed E-state index contributed by atoms with van der Waals surface area (Å²) in [7, 11) is 1.71. The van der Waals surface area contributed by atoms with Crippen molar-refractivity contribution in [2.75, 3.05) is 26.4 Å². The third-order valence-electron chi connectivity index (χ3n) is 9.77. The fraction of sp³-hybridized carbons (Fsp3) is 0.595. The van der Waals surface area contributed by atoms with Crippen LogP contribution in [0.4, 0.5) is 4.79 Å². The number of carbonyl (C=O) groups excluding carboxylic acids is 4. The fourth-order valence-electron chi connectivity index (χ4n) is 6.67. The summed E-state index contributed by atoms with van der Waals surface area (Å²) >= 11 is 0. The number of primary amides is 1. The molecule has 4 N–H and O–H groups in total. The molecule has 3 atom stereocenters. The van der Waals surface area contributed by atoms with Crippen molar-refractivity contribution in [1.29, 1.82) is 0 Å². The predicted octanol–water partition coefficient (Wildman–Crippen LogP) is 5.15. The minimum atomic E-state index is -0.684. The van der Waals surface area contributed by atoms with E-state index in [-0.39, 0.29) is 30.5 Å². The number of hydrogen-bond donors (Lipinski definition) is 3. The normalized spacial score (nSPS) is 15.8. The first-order valence-electron chi connectivity index (χ1n) is 19.9. The van der Waals surface area contributed by atoms with E-state index in [0.717, 1.165) is 68.2 Å². The van der Waals surface area contributed by atoms with E-state index >= 15 is 0 Å². The molecule has 1 fully saturated rings. The van der Waals surface area contributed by atoms with Gasteiger partial charge in [0.25, 0.3) is 0 Å². The van der Waals surface area contributed by atoms with Crippen LogP contribution in [0.25, 0.3) is 11.0 Å². The number of aryl methyl sites for hydroxylation is 3. The van der Waals surface area contributed by atoms with Crippen molar-refractivity contribution < 1.29 is 38.1 Å². The molecule has 14 heteroatoms. The monoisotopic (exact) mass is 779 g/mol. The summed E-state index contributed by atoms with van der Waals surface area (Å²) < 4.78 is 26.2. The molecule has 56 heavy (non-hydrogen) atoms. The van der Waals surface area contributed by atoms with Crippen LogP contribution in [0.3, 0.4) is 0 Å². The van der Waals surface area contributed by atoms with Crippen LogP contribution in [0.5, 0.6) is 0 Å². The zero-order valence-electron chi connectivity index (χ0n) is 33.7. The zero-order chi connectivity index (χ0) is 40.7. The number of alkyl carbamates (subject to hydrolysis) is 1. The van der Waals surface area contributed by atoms with E-state index in [0.29, 0.717) is 44.8 Å². The highest BCUT2D eigenvalue weighted by atomic mass is 16.6. The highest BCUT2D eigenvalue weighted by Gasteiger charge is 2.31. The van der Waals surface area contributed by atoms with E-state index in [1.54, 1.807) is 32.4 Å². The lowest BCUT2D eigenvalue weighted by Crippen LogP contribution is -2.45. The number of unbranched alkanes of at least 4 members (excludes halogenated alkanes) is 2. The first kappa shape index (κ1) is 44.2. The molecular weight excluding hydrogens is 718 g/mol. The van der Waals surface area contributed by atoms with Crippen LogP contribution in [-0.4, -0.2) is 77.1 Å². The molecule has 14 nitrogen and oxygen atoms in total. The topological polar surface area (TPSA) is 182 Å². The molecule has 1 aliphatic rings. The van der Waals surface area contributed by atoms with Crippen LogP contribution in [0, 0.1) is 0 Å². The number of nitrogens with two attached hydrogens (primary N) is 1. The zero-order valence-corrected chi connectivity index (χ0v) is 33.7. The molecule has 4 rings (SSSR count). The minimum absolute atomic E-state index is 0.131. The van der Waals surface area contributed by atoms with Crippen LogP contribution in [0.2, 0.25) is 0 Å². The Morgan fingerprint density at radius 1 is 0.875 bits per heavy atom. The van der Waals surface area contributed by atoms with Gasteiger partial charge in [-0.15, -0.1) is 0 Å². The Bertz CT molecular complexity index is 1810. The van der Waals surface area contributed by atoms with Crippen molar-refractivity contribution >= 4 is 34.8 Å². The molecule has 1 aliphatic heterocycles. The Balaban J connectivity index is 1.03. The standard InChI is InChI=1S/C42H61N5O9/c1-29(33(18-21-37(43)48)44-40(51)56-42(2,3)4)55-28-32-15-13-30(14-16-32)11-9-25-53-23-7-6-8-24-54-26-10-12-31-17-19-34-36(27-31)46(5)41(52)47(34)35-20-22-38(49)45-39(35)50/h13-17,19,27,29,33,35H,6-12,18,20-26,28H2,1-5H3,(H2,43,48)(H,44,51)(H,45,49,50)/t29-,33+,35?/m1/s1. The van der Waals surface area contributed by atoms with Gasteiger partial charge in [0.05, 0.1) is 29.8 Å². The van der Waals surface area contributed by atoms with E-state index in [9.17, 15) is 24.0 Å². The second-order valence-corrected chi connectivity index (χ2v) is 15.6. The Morgan fingerprint density at radius 2 is 1.48 bits per heavy atom. The van der Waals surface area contributed by atoms with Gasteiger partial charge >= 0.3 is 11.8 Å². The molecule has 308 valence electrons. The third-order valence-corrected chi connectivity index (χ3v) is 9.77. The molecular formula is C42H61N5O9. The quantitative estimate of drug-likeness (QED) is 0.0866. The molecule has 0 bridgehead atoms. The molecule has 1 unspecified atom stereocenters. The Labute approximate surface area is 329 Å². The lowest BCUT2D eigenvalue weighted by molar-refractivity contribution is -0.135. The summed E-state index contributed by atoms with van der Waals surface area (Å²) in [5.74, 6) is -1.17. The van der Waals surface area contributed by atoms with E-state index in [1.807, 2.05) is 37.3 Å². The van der Waals surface area contributed by atoms with Crippen molar-refractivity contribution in [3.05, 3.63) is 69.6 Å². The predicted molar refractivity (Wildman–Crippen MR) is 213 cm³/mol. The highest BCUT2D eigenvalue weighted by Crippen LogP contribution is 2.24. The average Bonchev–Trinajstić information content (AvgIpc) is 3.38. The maximum absolute atomic E-state index is 13.0. The first-order chi connectivity index (χ1) is 26.7. The summed E-state index contributed by atoms with van der Waals surface area (Å²) in [6, 6.07) is 13.0. The number of nitrogens with one attached hydrogen (secondary N) is 2. The number of amides is 4. The van der Waals surface area contributed by atoms with Gasteiger partial charge in [0, 0.05) is 46.3 Å². The number of ether oxygens (including phenoxy) is 4. The number of benzene rings is 2. The summed E-state index contributed by atoms with van der Waals surface area (Å²) in [5.41, 5.74) is 9.24. The first-order valence-corrected chi connectivity index (χ1v) is 19.9. The van der Waals surface area contributed by atoms with Gasteiger partial charge < -0.3 is 30.0 Å². The fourth-order valence-corrected chi connectivity index (χ4v) is 6.67. The number of nitrogens with zero attached hydrogens (tertiary/aromatic N) is 2. The summed E-state index contributed by atoms with van der Waals surface area (Å²) in [4.78, 5) is 60.7. The Morgan fingerprint density at radius 3 is 2.11 bits per heavy atom.